The molecule has 1 amide bonds. The predicted molar refractivity (Wildman–Crippen MR) is 128 cm³/mol. The lowest BCUT2D eigenvalue weighted by molar-refractivity contribution is -0.123. The molecular formula is C27H33NO5. The second-order valence-corrected chi connectivity index (χ2v) is 9.08. The number of rotatable bonds is 7. The van der Waals surface area contributed by atoms with E-state index in [0.717, 1.165) is 25.7 Å². The van der Waals surface area contributed by atoms with Crippen LogP contribution in [-0.4, -0.2) is 30.8 Å². The molecule has 3 rings (SSSR count). The monoisotopic (exact) mass is 451 g/mol. The molecule has 0 aliphatic heterocycles. The number of anilines is 1. The summed E-state index contributed by atoms with van der Waals surface area (Å²) in [6, 6.07) is 11.8. The summed E-state index contributed by atoms with van der Waals surface area (Å²) in [5.74, 6) is 0.753. The number of ketones is 1. The number of benzene rings is 2. The molecule has 1 saturated carbocycles. The Kier molecular flexibility index (Phi) is 7.90. The van der Waals surface area contributed by atoms with Crippen molar-refractivity contribution < 1.29 is 23.9 Å². The minimum atomic E-state index is -0.550. The average molecular weight is 452 g/mol. The van der Waals surface area contributed by atoms with Gasteiger partial charge in [0.1, 0.15) is 11.5 Å². The third-order valence-corrected chi connectivity index (χ3v) is 6.25. The van der Waals surface area contributed by atoms with E-state index >= 15 is 0 Å². The highest BCUT2D eigenvalue weighted by Crippen LogP contribution is 2.35. The van der Waals surface area contributed by atoms with Gasteiger partial charge in [0.25, 0.3) is 0 Å². The number of carbonyl (C=O) groups is 3. The molecule has 0 saturated heterocycles. The molecule has 176 valence electrons. The van der Waals surface area contributed by atoms with Crippen LogP contribution in [-0.2, 0) is 9.53 Å². The SMILES string of the molecule is COC(=O)c1cc(Oc2ccccc2C(C)=O)ccc1N(C(=O)C1CCC(C)CC1)C(C)C. The first kappa shape index (κ1) is 24.5. The lowest BCUT2D eigenvalue weighted by atomic mass is 9.82. The van der Waals surface area contributed by atoms with E-state index in [4.69, 9.17) is 9.47 Å². The molecule has 1 aliphatic carbocycles. The topological polar surface area (TPSA) is 72.9 Å². The van der Waals surface area contributed by atoms with Crippen molar-refractivity contribution >= 4 is 23.3 Å². The summed E-state index contributed by atoms with van der Waals surface area (Å²) in [5.41, 5.74) is 1.21. The molecule has 33 heavy (non-hydrogen) atoms. The number of nitrogens with zero attached hydrogens (tertiary/aromatic N) is 1. The molecule has 0 N–H and O–H groups in total. The van der Waals surface area contributed by atoms with E-state index in [9.17, 15) is 14.4 Å². The maximum absolute atomic E-state index is 13.5. The first-order valence-corrected chi connectivity index (χ1v) is 11.6. The van der Waals surface area contributed by atoms with Crippen LogP contribution < -0.4 is 9.64 Å². The van der Waals surface area contributed by atoms with Gasteiger partial charge in [-0.25, -0.2) is 4.79 Å². The standard InChI is InChI=1S/C27H33NO5/c1-17(2)28(26(30)20-12-10-18(3)11-13-20)24-15-14-21(16-23(24)27(31)32-5)33-25-9-7-6-8-22(25)19(4)29/h6-9,14-18,20H,10-13H2,1-5H3. The van der Waals surface area contributed by atoms with Crippen molar-refractivity contribution in [1.29, 1.82) is 0 Å². The average Bonchev–Trinajstić information content (AvgIpc) is 2.79. The third kappa shape index (κ3) is 5.62. The van der Waals surface area contributed by atoms with Gasteiger partial charge in [-0.1, -0.05) is 19.1 Å². The fraction of sp³-hybridized carbons (Fsp3) is 0.444. The fourth-order valence-corrected chi connectivity index (χ4v) is 4.39. The molecule has 0 atom stereocenters. The Hall–Kier alpha value is -3.15. The van der Waals surface area contributed by atoms with Gasteiger partial charge in [0, 0.05) is 12.0 Å². The van der Waals surface area contributed by atoms with Crippen LogP contribution in [0.25, 0.3) is 0 Å². The first-order valence-electron chi connectivity index (χ1n) is 11.6. The van der Waals surface area contributed by atoms with Gasteiger partial charge < -0.3 is 14.4 Å². The molecule has 1 fully saturated rings. The minimum Gasteiger partial charge on any atom is -0.465 e. The van der Waals surface area contributed by atoms with Gasteiger partial charge in [-0.3, -0.25) is 9.59 Å². The number of carbonyl (C=O) groups excluding carboxylic acids is 3. The number of amides is 1. The summed E-state index contributed by atoms with van der Waals surface area (Å²) in [6.45, 7) is 7.58. The first-order chi connectivity index (χ1) is 15.7. The highest BCUT2D eigenvalue weighted by molar-refractivity contribution is 6.04. The molecule has 6 heteroatoms. The van der Waals surface area contributed by atoms with Crippen LogP contribution in [0.4, 0.5) is 5.69 Å². The molecule has 0 unspecified atom stereocenters. The van der Waals surface area contributed by atoms with E-state index in [1.807, 2.05) is 13.8 Å². The highest BCUT2D eigenvalue weighted by atomic mass is 16.5. The maximum Gasteiger partial charge on any atom is 0.340 e. The number of Topliss-reactive ketones (excluding diaryl/α,β-unsaturated/α-hetero) is 1. The lowest BCUT2D eigenvalue weighted by Crippen LogP contribution is -2.43. The molecule has 0 heterocycles. The van der Waals surface area contributed by atoms with Gasteiger partial charge in [-0.2, -0.15) is 0 Å². The number of methoxy groups -OCH3 is 1. The molecular weight excluding hydrogens is 418 g/mol. The smallest absolute Gasteiger partial charge is 0.340 e. The molecule has 0 bridgehead atoms. The zero-order valence-electron chi connectivity index (χ0n) is 20.1. The van der Waals surface area contributed by atoms with E-state index in [1.165, 1.54) is 14.0 Å². The van der Waals surface area contributed by atoms with Gasteiger partial charge in [0.05, 0.1) is 23.9 Å². The molecule has 1 aliphatic rings. The van der Waals surface area contributed by atoms with E-state index in [1.54, 1.807) is 47.4 Å². The van der Waals surface area contributed by atoms with Gasteiger partial charge in [-0.05, 0) is 82.7 Å². The quantitative estimate of drug-likeness (QED) is 0.379. The zero-order chi connectivity index (χ0) is 24.1. The Bertz CT molecular complexity index is 1020. The van der Waals surface area contributed by atoms with E-state index in [2.05, 4.69) is 6.92 Å². The number of hydrogen-bond donors (Lipinski definition) is 0. The summed E-state index contributed by atoms with van der Waals surface area (Å²) >= 11 is 0. The predicted octanol–water partition coefficient (Wildman–Crippen LogP) is 6.04. The van der Waals surface area contributed by atoms with Crippen molar-refractivity contribution in [3.05, 3.63) is 53.6 Å². The number of ether oxygens (including phenoxy) is 2. The molecule has 0 spiro atoms. The molecule has 2 aromatic carbocycles. The maximum atomic E-state index is 13.5. The number of para-hydroxylation sites is 1. The van der Waals surface area contributed by atoms with Crippen molar-refractivity contribution in [1.82, 2.24) is 0 Å². The lowest BCUT2D eigenvalue weighted by Gasteiger charge is -2.34. The Morgan fingerprint density at radius 1 is 0.970 bits per heavy atom. The molecule has 0 aromatic heterocycles. The van der Waals surface area contributed by atoms with Crippen molar-refractivity contribution in [3.63, 3.8) is 0 Å². The molecule has 0 radical (unpaired) electrons. The van der Waals surface area contributed by atoms with Crippen molar-refractivity contribution in [2.75, 3.05) is 12.0 Å². The van der Waals surface area contributed by atoms with Crippen LogP contribution in [0.15, 0.2) is 42.5 Å². The van der Waals surface area contributed by atoms with Crippen LogP contribution in [0.3, 0.4) is 0 Å². The summed E-state index contributed by atoms with van der Waals surface area (Å²) in [6.07, 6.45) is 3.79. The van der Waals surface area contributed by atoms with Crippen molar-refractivity contribution in [2.45, 2.75) is 59.4 Å². The Labute approximate surface area is 195 Å². The largest absolute Gasteiger partial charge is 0.465 e. The molecule has 6 nitrogen and oxygen atoms in total. The van der Waals surface area contributed by atoms with Gasteiger partial charge in [0.15, 0.2) is 5.78 Å². The van der Waals surface area contributed by atoms with E-state index in [-0.39, 0.29) is 29.2 Å². The van der Waals surface area contributed by atoms with Crippen LogP contribution in [0.2, 0.25) is 0 Å². The summed E-state index contributed by atoms with van der Waals surface area (Å²) in [5, 5.41) is 0. The normalized spacial score (nSPS) is 18.0. The highest BCUT2D eigenvalue weighted by Gasteiger charge is 2.32. The van der Waals surface area contributed by atoms with E-state index in [0.29, 0.717) is 28.7 Å². The Balaban J connectivity index is 1.98. The minimum absolute atomic E-state index is 0.0395. The second kappa shape index (κ2) is 10.6. The van der Waals surface area contributed by atoms with Crippen LogP contribution in [0.1, 0.15) is 74.1 Å². The summed E-state index contributed by atoms with van der Waals surface area (Å²) in [7, 11) is 1.31. The van der Waals surface area contributed by atoms with Gasteiger partial charge >= 0.3 is 5.97 Å². The third-order valence-electron chi connectivity index (χ3n) is 6.25. The van der Waals surface area contributed by atoms with Crippen molar-refractivity contribution in [2.24, 2.45) is 11.8 Å². The molecule has 2 aromatic rings. The van der Waals surface area contributed by atoms with Gasteiger partial charge in [-0.15, -0.1) is 0 Å². The fourth-order valence-electron chi connectivity index (χ4n) is 4.39. The number of esters is 1. The number of hydrogen-bond acceptors (Lipinski definition) is 5. The zero-order valence-corrected chi connectivity index (χ0v) is 20.1. The van der Waals surface area contributed by atoms with E-state index < -0.39 is 5.97 Å². The van der Waals surface area contributed by atoms with Crippen LogP contribution in [0, 0.1) is 11.8 Å². The van der Waals surface area contributed by atoms with Crippen LogP contribution >= 0.6 is 0 Å². The Morgan fingerprint density at radius 3 is 2.24 bits per heavy atom. The van der Waals surface area contributed by atoms with Crippen molar-refractivity contribution in [3.8, 4) is 11.5 Å². The van der Waals surface area contributed by atoms with Crippen LogP contribution in [0.5, 0.6) is 11.5 Å². The van der Waals surface area contributed by atoms with Gasteiger partial charge in [0.2, 0.25) is 5.91 Å². The summed E-state index contributed by atoms with van der Waals surface area (Å²) < 4.78 is 11.0. The second-order valence-electron chi connectivity index (χ2n) is 9.08. The summed E-state index contributed by atoms with van der Waals surface area (Å²) in [4.78, 5) is 39.9. The Morgan fingerprint density at radius 2 is 1.64 bits per heavy atom.